The summed E-state index contributed by atoms with van der Waals surface area (Å²) in [4.78, 5) is 10.3. The zero-order chi connectivity index (χ0) is 15.0. The normalized spacial score (nSPS) is 12.2. The lowest BCUT2D eigenvalue weighted by Gasteiger charge is -2.14. The predicted molar refractivity (Wildman–Crippen MR) is 74.1 cm³/mol. The minimum Gasteiger partial charge on any atom is -0.490 e. The molecule has 0 saturated heterocycles. The van der Waals surface area contributed by atoms with Gasteiger partial charge in [-0.05, 0) is 13.0 Å². The number of hydrogen-bond acceptors (Lipinski definition) is 6. The number of nitrogens with one attached hydrogen (secondary N) is 1. The van der Waals surface area contributed by atoms with E-state index in [9.17, 15) is 15.2 Å². The van der Waals surface area contributed by atoms with Crippen LogP contribution in [0.2, 0.25) is 0 Å². The van der Waals surface area contributed by atoms with E-state index in [4.69, 9.17) is 9.47 Å². The lowest BCUT2D eigenvalue weighted by Crippen LogP contribution is -2.33. The van der Waals surface area contributed by atoms with E-state index < -0.39 is 11.0 Å². The molecule has 0 fully saturated rings. The lowest BCUT2D eigenvalue weighted by molar-refractivity contribution is -0.385. The molecule has 0 aromatic heterocycles. The van der Waals surface area contributed by atoms with Crippen molar-refractivity contribution in [2.24, 2.45) is 0 Å². The highest BCUT2D eigenvalue weighted by Crippen LogP contribution is 2.26. The molecule has 0 heterocycles. The number of nitro benzene ring substituents is 1. The minimum atomic E-state index is -0.689. The van der Waals surface area contributed by atoms with Crippen molar-refractivity contribution in [1.82, 2.24) is 5.32 Å². The first-order valence-electron chi connectivity index (χ1n) is 6.30. The van der Waals surface area contributed by atoms with Crippen molar-refractivity contribution in [3.63, 3.8) is 0 Å². The largest absolute Gasteiger partial charge is 0.490 e. The highest BCUT2D eigenvalue weighted by Gasteiger charge is 2.15. The molecule has 0 aliphatic rings. The third kappa shape index (κ3) is 5.12. The second-order valence-corrected chi connectivity index (χ2v) is 4.32. The Morgan fingerprint density at radius 2 is 2.25 bits per heavy atom. The molecule has 0 amide bonds. The first-order valence-corrected chi connectivity index (χ1v) is 6.30. The fraction of sp³-hybridized carbons (Fsp3) is 0.538. The number of aliphatic hydroxyl groups is 1. The third-order valence-electron chi connectivity index (χ3n) is 2.75. The second-order valence-electron chi connectivity index (χ2n) is 4.32. The van der Waals surface area contributed by atoms with E-state index in [0.717, 1.165) is 0 Å². The van der Waals surface area contributed by atoms with Crippen molar-refractivity contribution in [1.29, 1.82) is 0 Å². The Morgan fingerprint density at radius 1 is 1.50 bits per heavy atom. The molecular formula is C13H20N2O5. The number of benzene rings is 1. The number of aliphatic hydroxyl groups excluding tert-OH is 1. The molecule has 0 saturated carbocycles. The SMILES string of the molecule is COCCNCC(O)COc1cccc([N+](=O)[O-])c1C. The summed E-state index contributed by atoms with van der Waals surface area (Å²) in [6.07, 6.45) is -0.689. The molecule has 0 spiro atoms. The topological polar surface area (TPSA) is 93.9 Å². The maximum Gasteiger partial charge on any atom is 0.276 e. The van der Waals surface area contributed by atoms with Crippen LogP contribution in [0.3, 0.4) is 0 Å². The molecule has 20 heavy (non-hydrogen) atoms. The smallest absolute Gasteiger partial charge is 0.276 e. The molecule has 1 rings (SSSR count). The summed E-state index contributed by atoms with van der Waals surface area (Å²) in [5.74, 6) is 0.412. The van der Waals surface area contributed by atoms with Gasteiger partial charge in [0.15, 0.2) is 0 Å². The molecule has 1 atom stereocenters. The highest BCUT2D eigenvalue weighted by molar-refractivity contribution is 5.48. The fourth-order valence-corrected chi connectivity index (χ4v) is 1.64. The summed E-state index contributed by atoms with van der Waals surface area (Å²) < 4.78 is 10.3. The second kappa shape index (κ2) is 8.47. The summed E-state index contributed by atoms with van der Waals surface area (Å²) in [6, 6.07) is 4.63. The van der Waals surface area contributed by atoms with Crippen molar-refractivity contribution in [2.45, 2.75) is 13.0 Å². The Morgan fingerprint density at radius 3 is 2.90 bits per heavy atom. The molecule has 0 radical (unpaired) electrons. The van der Waals surface area contributed by atoms with Gasteiger partial charge < -0.3 is 19.9 Å². The molecule has 1 aromatic rings. The first kappa shape index (κ1) is 16.4. The van der Waals surface area contributed by atoms with Crippen LogP contribution in [0.15, 0.2) is 18.2 Å². The Bertz CT molecular complexity index is 439. The standard InChI is InChI=1S/C13H20N2O5/c1-10-12(15(17)18)4-3-5-13(10)20-9-11(16)8-14-6-7-19-2/h3-5,11,14,16H,6-9H2,1-2H3. The van der Waals surface area contributed by atoms with Gasteiger partial charge >= 0.3 is 0 Å². The van der Waals surface area contributed by atoms with E-state index >= 15 is 0 Å². The van der Waals surface area contributed by atoms with E-state index in [0.29, 0.717) is 31.0 Å². The summed E-state index contributed by atoms with van der Waals surface area (Å²) in [5, 5.41) is 23.5. The van der Waals surface area contributed by atoms with Crippen LogP contribution in [0.25, 0.3) is 0 Å². The van der Waals surface area contributed by atoms with Gasteiger partial charge in [-0.25, -0.2) is 0 Å². The molecule has 0 bridgehead atoms. The van der Waals surface area contributed by atoms with Crippen LogP contribution < -0.4 is 10.1 Å². The van der Waals surface area contributed by atoms with E-state index in [1.165, 1.54) is 6.07 Å². The maximum atomic E-state index is 10.8. The zero-order valence-electron chi connectivity index (χ0n) is 11.7. The molecule has 0 aliphatic carbocycles. The number of nitrogens with zero attached hydrogens (tertiary/aromatic N) is 1. The van der Waals surface area contributed by atoms with Gasteiger partial charge in [0.05, 0.1) is 17.1 Å². The summed E-state index contributed by atoms with van der Waals surface area (Å²) >= 11 is 0. The van der Waals surface area contributed by atoms with Gasteiger partial charge in [0.25, 0.3) is 5.69 Å². The summed E-state index contributed by atoms with van der Waals surface area (Å²) in [7, 11) is 1.60. The average molecular weight is 284 g/mol. The van der Waals surface area contributed by atoms with Gasteiger partial charge in [-0.1, -0.05) is 6.07 Å². The van der Waals surface area contributed by atoms with Gasteiger partial charge in [0.2, 0.25) is 0 Å². The molecule has 2 N–H and O–H groups in total. The van der Waals surface area contributed by atoms with Crippen molar-refractivity contribution in [3.05, 3.63) is 33.9 Å². The molecule has 7 nitrogen and oxygen atoms in total. The summed E-state index contributed by atoms with van der Waals surface area (Å²) in [5.41, 5.74) is 0.465. The number of ether oxygens (including phenoxy) is 2. The quantitative estimate of drug-likeness (QED) is 0.397. The molecule has 1 aromatic carbocycles. The van der Waals surface area contributed by atoms with Crippen molar-refractivity contribution in [3.8, 4) is 5.75 Å². The number of hydrogen-bond donors (Lipinski definition) is 2. The fourth-order valence-electron chi connectivity index (χ4n) is 1.64. The molecule has 112 valence electrons. The Kier molecular flexibility index (Phi) is 6.92. The van der Waals surface area contributed by atoms with Gasteiger partial charge in [-0.3, -0.25) is 10.1 Å². The van der Waals surface area contributed by atoms with Crippen LogP contribution in [0.4, 0.5) is 5.69 Å². The van der Waals surface area contributed by atoms with Crippen LogP contribution in [0, 0.1) is 17.0 Å². The van der Waals surface area contributed by atoms with Crippen LogP contribution in [-0.2, 0) is 4.74 Å². The first-order chi connectivity index (χ1) is 9.56. The van der Waals surface area contributed by atoms with Crippen LogP contribution in [0.1, 0.15) is 5.56 Å². The number of rotatable bonds is 9. The molecule has 0 aliphatic heterocycles. The number of methoxy groups -OCH3 is 1. The van der Waals surface area contributed by atoms with Crippen molar-refractivity contribution >= 4 is 5.69 Å². The Hall–Kier alpha value is -1.70. The van der Waals surface area contributed by atoms with Crippen molar-refractivity contribution in [2.75, 3.05) is 33.4 Å². The Labute approximate surface area is 117 Å². The summed E-state index contributed by atoms with van der Waals surface area (Å²) in [6.45, 7) is 3.27. The van der Waals surface area contributed by atoms with Gasteiger partial charge in [-0.2, -0.15) is 0 Å². The van der Waals surface area contributed by atoms with E-state index in [-0.39, 0.29) is 12.3 Å². The maximum absolute atomic E-state index is 10.8. The highest BCUT2D eigenvalue weighted by atomic mass is 16.6. The van der Waals surface area contributed by atoms with Gasteiger partial charge in [0, 0.05) is 26.3 Å². The molecule has 1 unspecified atom stereocenters. The monoisotopic (exact) mass is 284 g/mol. The van der Waals surface area contributed by atoms with Crippen LogP contribution >= 0.6 is 0 Å². The minimum absolute atomic E-state index is 0.00945. The average Bonchev–Trinajstić information content (AvgIpc) is 2.42. The Balaban J connectivity index is 2.45. The van der Waals surface area contributed by atoms with E-state index in [1.807, 2.05) is 0 Å². The molecular weight excluding hydrogens is 264 g/mol. The van der Waals surface area contributed by atoms with Crippen LogP contribution in [-0.4, -0.2) is 49.5 Å². The van der Waals surface area contributed by atoms with Crippen molar-refractivity contribution < 1.29 is 19.5 Å². The van der Waals surface area contributed by atoms with E-state index in [1.54, 1.807) is 26.2 Å². The van der Waals surface area contributed by atoms with E-state index in [2.05, 4.69) is 5.32 Å². The van der Waals surface area contributed by atoms with Crippen LogP contribution in [0.5, 0.6) is 5.75 Å². The predicted octanol–water partition coefficient (Wildman–Crippen LogP) is 0.879. The van der Waals surface area contributed by atoms with Gasteiger partial charge in [0.1, 0.15) is 18.5 Å². The molecule has 7 heteroatoms. The number of nitro groups is 1. The van der Waals surface area contributed by atoms with Gasteiger partial charge in [-0.15, -0.1) is 0 Å². The third-order valence-corrected chi connectivity index (χ3v) is 2.75. The lowest BCUT2D eigenvalue weighted by atomic mass is 10.2. The zero-order valence-corrected chi connectivity index (χ0v) is 11.7.